The number of hydrogen-bond donors (Lipinski definition) is 1. The average Bonchev–Trinajstić information content (AvgIpc) is 3.24. The van der Waals surface area contributed by atoms with Crippen molar-refractivity contribution in [2.24, 2.45) is 11.8 Å². The second-order valence-corrected chi connectivity index (χ2v) is 8.41. The van der Waals surface area contributed by atoms with Crippen molar-refractivity contribution in [3.63, 3.8) is 0 Å². The van der Waals surface area contributed by atoms with Crippen LogP contribution in [-0.2, 0) is 19.1 Å². The monoisotopic (exact) mass is 438 g/mol. The van der Waals surface area contributed by atoms with E-state index < -0.39 is 47.0 Å². The summed E-state index contributed by atoms with van der Waals surface area (Å²) in [6.45, 7) is 5.75. The van der Waals surface area contributed by atoms with Crippen molar-refractivity contribution in [3.05, 3.63) is 65.5 Å². The van der Waals surface area contributed by atoms with E-state index in [1.807, 2.05) is 38.1 Å². The van der Waals surface area contributed by atoms with Crippen LogP contribution in [0.25, 0.3) is 0 Å². The highest BCUT2D eigenvalue weighted by atomic mass is 19.1. The summed E-state index contributed by atoms with van der Waals surface area (Å²) in [6, 6.07) is 12.4. The molecule has 0 aliphatic carbocycles. The van der Waals surface area contributed by atoms with Crippen LogP contribution in [0.1, 0.15) is 43.9 Å². The summed E-state index contributed by atoms with van der Waals surface area (Å²) in [5.41, 5.74) is 0.810. The van der Waals surface area contributed by atoms with E-state index in [0.29, 0.717) is 18.5 Å². The molecule has 168 valence electrons. The first kappa shape index (κ1) is 22.1. The average molecular weight is 438 g/mol. The molecule has 4 atom stereocenters. The quantitative estimate of drug-likeness (QED) is 0.550. The van der Waals surface area contributed by atoms with Gasteiger partial charge in [0.05, 0.1) is 24.1 Å². The highest BCUT2D eigenvalue weighted by molar-refractivity contribution is 6.24. The Morgan fingerprint density at radius 1 is 1.09 bits per heavy atom. The smallest absolute Gasteiger partial charge is 0.327 e. The molecule has 2 saturated heterocycles. The van der Waals surface area contributed by atoms with Gasteiger partial charge in [-0.1, -0.05) is 37.6 Å². The van der Waals surface area contributed by atoms with E-state index in [9.17, 15) is 18.8 Å². The number of fused-ring (bicyclic) bond motifs is 1. The number of rotatable bonds is 6. The summed E-state index contributed by atoms with van der Waals surface area (Å²) < 4.78 is 18.9. The lowest BCUT2D eigenvalue weighted by Gasteiger charge is -2.32. The van der Waals surface area contributed by atoms with Gasteiger partial charge >= 0.3 is 5.97 Å². The molecule has 2 amide bonds. The van der Waals surface area contributed by atoms with Gasteiger partial charge in [0.15, 0.2) is 0 Å². The fourth-order valence-electron chi connectivity index (χ4n) is 5.22. The normalized spacial score (nSPS) is 27.0. The lowest BCUT2D eigenvalue weighted by molar-refractivity contribution is -0.155. The summed E-state index contributed by atoms with van der Waals surface area (Å²) in [7, 11) is 0. The number of esters is 1. The van der Waals surface area contributed by atoms with E-state index in [2.05, 4.69) is 5.32 Å². The minimum absolute atomic E-state index is 0.169. The number of benzene rings is 2. The first-order valence-corrected chi connectivity index (χ1v) is 11.0. The Morgan fingerprint density at radius 2 is 1.78 bits per heavy atom. The second-order valence-electron chi connectivity index (χ2n) is 8.41. The van der Waals surface area contributed by atoms with Crippen LogP contribution in [0.3, 0.4) is 0 Å². The number of halogens is 1. The van der Waals surface area contributed by atoms with E-state index >= 15 is 0 Å². The molecule has 2 aromatic rings. The Bertz CT molecular complexity index is 1050. The molecule has 2 fully saturated rings. The van der Waals surface area contributed by atoms with E-state index in [1.54, 1.807) is 6.92 Å². The maximum absolute atomic E-state index is 13.7. The van der Waals surface area contributed by atoms with Gasteiger partial charge in [-0.3, -0.25) is 19.7 Å². The topological polar surface area (TPSA) is 75.7 Å². The Morgan fingerprint density at radius 3 is 2.41 bits per heavy atom. The van der Waals surface area contributed by atoms with E-state index in [-0.39, 0.29) is 6.61 Å². The third-order valence-electron chi connectivity index (χ3n) is 6.55. The molecule has 0 unspecified atom stereocenters. The molecule has 6 nitrogen and oxygen atoms in total. The third-order valence-corrected chi connectivity index (χ3v) is 6.55. The Hall–Kier alpha value is -3.06. The number of aryl methyl sites for hydroxylation is 1. The van der Waals surface area contributed by atoms with Crippen LogP contribution in [0.5, 0.6) is 0 Å². The number of carbonyl (C=O) groups excluding carboxylic acids is 3. The molecule has 0 saturated carbocycles. The van der Waals surface area contributed by atoms with Gasteiger partial charge < -0.3 is 4.74 Å². The molecule has 0 radical (unpaired) electrons. The Kier molecular flexibility index (Phi) is 5.86. The third kappa shape index (κ3) is 3.32. The lowest BCUT2D eigenvalue weighted by atomic mass is 9.76. The molecule has 2 aliphatic rings. The Labute approximate surface area is 186 Å². The molecule has 2 aliphatic heterocycles. The minimum Gasteiger partial charge on any atom is -0.465 e. The molecule has 2 heterocycles. The maximum atomic E-state index is 13.7. The van der Waals surface area contributed by atoms with Gasteiger partial charge in [0.1, 0.15) is 11.4 Å². The number of anilines is 1. The summed E-state index contributed by atoms with van der Waals surface area (Å²) in [4.78, 5) is 41.8. The zero-order valence-corrected chi connectivity index (χ0v) is 18.4. The molecule has 0 bridgehead atoms. The lowest BCUT2D eigenvalue weighted by Crippen LogP contribution is -2.56. The van der Waals surface area contributed by atoms with Gasteiger partial charge in [0, 0.05) is 6.04 Å². The molecule has 0 aromatic heterocycles. The highest BCUT2D eigenvalue weighted by Crippen LogP contribution is 2.52. The van der Waals surface area contributed by atoms with Crippen LogP contribution in [0, 0.1) is 24.6 Å². The van der Waals surface area contributed by atoms with Crippen molar-refractivity contribution >= 4 is 23.5 Å². The van der Waals surface area contributed by atoms with Gasteiger partial charge in [-0.15, -0.1) is 0 Å². The van der Waals surface area contributed by atoms with Crippen LogP contribution in [-0.4, -0.2) is 29.9 Å². The van der Waals surface area contributed by atoms with Crippen LogP contribution < -0.4 is 10.2 Å². The molecule has 4 rings (SSSR count). The molecule has 2 aromatic carbocycles. The van der Waals surface area contributed by atoms with Crippen molar-refractivity contribution in [3.8, 4) is 0 Å². The van der Waals surface area contributed by atoms with Crippen molar-refractivity contribution in [2.45, 2.75) is 45.2 Å². The van der Waals surface area contributed by atoms with Gasteiger partial charge in [-0.05, 0) is 55.7 Å². The number of nitrogens with zero attached hydrogens (tertiary/aromatic N) is 1. The zero-order valence-electron chi connectivity index (χ0n) is 18.4. The van der Waals surface area contributed by atoms with Crippen molar-refractivity contribution in [2.75, 3.05) is 11.5 Å². The number of hydrogen-bond acceptors (Lipinski definition) is 5. The van der Waals surface area contributed by atoms with Crippen LogP contribution in [0.15, 0.2) is 48.5 Å². The zero-order chi connectivity index (χ0) is 23.0. The number of imide groups is 1. The summed E-state index contributed by atoms with van der Waals surface area (Å²) >= 11 is 0. The van der Waals surface area contributed by atoms with Crippen molar-refractivity contribution in [1.29, 1.82) is 0 Å². The number of amides is 2. The van der Waals surface area contributed by atoms with E-state index in [4.69, 9.17) is 4.74 Å². The Balaban J connectivity index is 1.87. The van der Waals surface area contributed by atoms with Gasteiger partial charge in [0.25, 0.3) is 0 Å². The predicted molar refractivity (Wildman–Crippen MR) is 117 cm³/mol. The molecule has 7 heteroatoms. The van der Waals surface area contributed by atoms with Gasteiger partial charge in [0.2, 0.25) is 11.8 Å². The van der Waals surface area contributed by atoms with Crippen LogP contribution in [0.4, 0.5) is 10.1 Å². The number of carbonyl (C=O) groups is 3. The second kappa shape index (κ2) is 8.47. The van der Waals surface area contributed by atoms with E-state index in [0.717, 1.165) is 16.0 Å². The molecular weight excluding hydrogens is 411 g/mol. The highest BCUT2D eigenvalue weighted by Gasteiger charge is 2.68. The first-order valence-electron chi connectivity index (χ1n) is 11.0. The molecular formula is C25H27FN2O4. The standard InChI is InChI=1S/C25H27FN2O4/c1-4-14-25(24(31)32-5-2)20-19(21(27-25)18-9-7-6-8-15(18)3)22(29)28(23(20)30)17-12-10-16(26)11-13-17/h6-13,19-21,27H,4-5,14H2,1-3H3/t19-,20+,21+,25-/m0/s1. The predicted octanol–water partition coefficient (Wildman–Crippen LogP) is 3.69. The molecule has 0 spiro atoms. The van der Waals surface area contributed by atoms with E-state index in [1.165, 1.54) is 24.3 Å². The summed E-state index contributed by atoms with van der Waals surface area (Å²) in [5.74, 6) is -3.52. The molecule has 1 N–H and O–H groups in total. The van der Waals surface area contributed by atoms with Crippen LogP contribution >= 0.6 is 0 Å². The molecule has 32 heavy (non-hydrogen) atoms. The maximum Gasteiger partial charge on any atom is 0.327 e. The van der Waals surface area contributed by atoms with Crippen molar-refractivity contribution < 1.29 is 23.5 Å². The number of ether oxygens (including phenoxy) is 1. The van der Waals surface area contributed by atoms with Crippen molar-refractivity contribution in [1.82, 2.24) is 5.32 Å². The largest absolute Gasteiger partial charge is 0.465 e. The summed E-state index contributed by atoms with van der Waals surface area (Å²) in [6.07, 6.45) is 0.971. The summed E-state index contributed by atoms with van der Waals surface area (Å²) in [5, 5.41) is 3.39. The van der Waals surface area contributed by atoms with Gasteiger partial charge in [-0.2, -0.15) is 0 Å². The fourth-order valence-corrected chi connectivity index (χ4v) is 5.22. The van der Waals surface area contributed by atoms with Gasteiger partial charge in [-0.25, -0.2) is 9.29 Å². The minimum atomic E-state index is -1.32. The fraction of sp³-hybridized carbons (Fsp3) is 0.400. The first-order chi connectivity index (χ1) is 15.4. The number of nitrogens with one attached hydrogen (secondary N) is 1. The SMILES string of the molecule is CCC[C@]1(C(=O)OCC)N[C@H](c2ccccc2C)[C@H]2C(=O)N(c3ccc(F)cc3)C(=O)[C@@H]21. The van der Waals surface area contributed by atoms with Crippen LogP contribution in [0.2, 0.25) is 0 Å².